The van der Waals surface area contributed by atoms with Crippen LogP contribution < -0.4 is 11.1 Å². The minimum absolute atomic E-state index is 0.223. The molecule has 1 amide bonds. The molecule has 0 aliphatic carbocycles. The molecule has 1 aromatic heterocycles. The normalized spacial score (nSPS) is 11.9. The van der Waals surface area contributed by atoms with Gasteiger partial charge in [-0.05, 0) is 13.0 Å². The lowest BCUT2D eigenvalue weighted by molar-refractivity contribution is -0.147. The maximum absolute atomic E-state index is 11.7. The van der Waals surface area contributed by atoms with Crippen molar-refractivity contribution in [2.24, 2.45) is 11.7 Å². The fourth-order valence-corrected chi connectivity index (χ4v) is 1.32. The molecule has 0 saturated carbocycles. The van der Waals surface area contributed by atoms with Crippen molar-refractivity contribution >= 4 is 11.9 Å². The van der Waals surface area contributed by atoms with Crippen molar-refractivity contribution in [1.82, 2.24) is 5.32 Å². The van der Waals surface area contributed by atoms with Crippen LogP contribution in [-0.4, -0.2) is 25.0 Å². The summed E-state index contributed by atoms with van der Waals surface area (Å²) in [7, 11) is 0. The smallest absolute Gasteiger partial charge is 0.310 e. The summed E-state index contributed by atoms with van der Waals surface area (Å²) in [6.07, 6.45) is 1.34. The van der Waals surface area contributed by atoms with Gasteiger partial charge in [0, 0.05) is 6.54 Å². The quantitative estimate of drug-likeness (QED) is 0.727. The zero-order valence-electron chi connectivity index (χ0n) is 10.6. The van der Waals surface area contributed by atoms with Gasteiger partial charge in [0.05, 0.1) is 24.6 Å². The van der Waals surface area contributed by atoms with E-state index in [1.54, 1.807) is 19.9 Å². The summed E-state index contributed by atoms with van der Waals surface area (Å²) in [4.78, 5) is 23.0. The third-order valence-corrected chi connectivity index (χ3v) is 2.37. The number of carbonyl (C=O) groups is 2. The summed E-state index contributed by atoms with van der Waals surface area (Å²) in [5, 5.41) is 2.63. The fraction of sp³-hybridized carbons (Fsp3) is 0.500. The molecule has 1 atom stereocenters. The van der Waals surface area contributed by atoms with Gasteiger partial charge in [-0.15, -0.1) is 0 Å². The van der Waals surface area contributed by atoms with Gasteiger partial charge >= 0.3 is 5.97 Å². The highest BCUT2D eigenvalue weighted by Gasteiger charge is 2.16. The minimum Gasteiger partial charge on any atom is -0.467 e. The number of furan rings is 1. The number of ether oxygens (including phenoxy) is 1. The zero-order chi connectivity index (χ0) is 13.5. The SMILES string of the molecule is CCOC(=O)C(C)CNC(=O)c1coc(CN)c1. The molecule has 0 aromatic carbocycles. The van der Waals surface area contributed by atoms with Crippen LogP contribution in [0.1, 0.15) is 30.0 Å². The number of carbonyl (C=O) groups excluding carboxylic acids is 2. The van der Waals surface area contributed by atoms with Crippen molar-refractivity contribution in [2.75, 3.05) is 13.2 Å². The van der Waals surface area contributed by atoms with Crippen LogP contribution in [0.15, 0.2) is 16.7 Å². The number of hydrogen-bond acceptors (Lipinski definition) is 5. The van der Waals surface area contributed by atoms with E-state index in [0.717, 1.165) is 0 Å². The Morgan fingerprint density at radius 3 is 2.83 bits per heavy atom. The van der Waals surface area contributed by atoms with Crippen LogP contribution in [0.2, 0.25) is 0 Å². The third kappa shape index (κ3) is 3.89. The van der Waals surface area contributed by atoms with E-state index in [2.05, 4.69) is 5.32 Å². The van der Waals surface area contributed by atoms with E-state index in [9.17, 15) is 9.59 Å². The van der Waals surface area contributed by atoms with E-state index >= 15 is 0 Å². The molecule has 0 bridgehead atoms. The molecular formula is C12H18N2O4. The van der Waals surface area contributed by atoms with Crippen LogP contribution in [0, 0.1) is 5.92 Å². The van der Waals surface area contributed by atoms with Gasteiger partial charge < -0.3 is 20.2 Å². The van der Waals surface area contributed by atoms with E-state index < -0.39 is 0 Å². The summed E-state index contributed by atoms with van der Waals surface area (Å²) >= 11 is 0. The number of nitrogens with one attached hydrogen (secondary N) is 1. The lowest BCUT2D eigenvalue weighted by Gasteiger charge is -2.10. The summed E-state index contributed by atoms with van der Waals surface area (Å²) < 4.78 is 9.89. The lowest BCUT2D eigenvalue weighted by Crippen LogP contribution is -2.32. The fourth-order valence-electron chi connectivity index (χ4n) is 1.32. The molecule has 6 heteroatoms. The van der Waals surface area contributed by atoms with E-state index in [0.29, 0.717) is 17.9 Å². The highest BCUT2D eigenvalue weighted by atomic mass is 16.5. The number of hydrogen-bond donors (Lipinski definition) is 2. The monoisotopic (exact) mass is 254 g/mol. The lowest BCUT2D eigenvalue weighted by atomic mass is 10.2. The van der Waals surface area contributed by atoms with Crippen LogP contribution >= 0.6 is 0 Å². The first-order chi connectivity index (χ1) is 8.58. The number of rotatable bonds is 6. The van der Waals surface area contributed by atoms with Crippen molar-refractivity contribution in [3.05, 3.63) is 23.7 Å². The van der Waals surface area contributed by atoms with Gasteiger partial charge in [0.25, 0.3) is 5.91 Å². The predicted octanol–water partition coefficient (Wildman–Crippen LogP) is 0.667. The van der Waals surface area contributed by atoms with E-state index in [4.69, 9.17) is 14.9 Å². The third-order valence-electron chi connectivity index (χ3n) is 2.37. The van der Waals surface area contributed by atoms with E-state index in [1.807, 2.05) is 0 Å². The average Bonchev–Trinajstić information content (AvgIpc) is 2.84. The molecule has 1 aromatic rings. The van der Waals surface area contributed by atoms with Gasteiger partial charge in [0.2, 0.25) is 0 Å². The van der Waals surface area contributed by atoms with Crippen LogP contribution in [0.4, 0.5) is 0 Å². The van der Waals surface area contributed by atoms with Crippen LogP contribution in [0.5, 0.6) is 0 Å². The minimum atomic E-state index is -0.380. The molecule has 0 spiro atoms. The zero-order valence-corrected chi connectivity index (χ0v) is 10.6. The Balaban J connectivity index is 2.43. The molecule has 0 aliphatic rings. The predicted molar refractivity (Wildman–Crippen MR) is 64.7 cm³/mol. The Bertz CT molecular complexity index is 414. The van der Waals surface area contributed by atoms with Crippen LogP contribution in [0.3, 0.4) is 0 Å². The molecule has 0 aliphatic heterocycles. The number of amides is 1. The molecule has 0 saturated heterocycles. The van der Waals surface area contributed by atoms with Gasteiger partial charge in [0.1, 0.15) is 12.0 Å². The molecule has 1 rings (SSSR count). The molecule has 18 heavy (non-hydrogen) atoms. The summed E-state index contributed by atoms with van der Waals surface area (Å²) in [6, 6.07) is 1.57. The molecule has 0 radical (unpaired) electrons. The van der Waals surface area contributed by atoms with Crippen molar-refractivity contribution in [3.8, 4) is 0 Å². The van der Waals surface area contributed by atoms with Crippen LogP contribution in [-0.2, 0) is 16.1 Å². The van der Waals surface area contributed by atoms with E-state index in [1.165, 1.54) is 6.26 Å². The molecule has 3 N–H and O–H groups in total. The summed E-state index contributed by atoms with van der Waals surface area (Å²) in [5.74, 6) is -0.462. The second-order valence-electron chi connectivity index (χ2n) is 3.87. The van der Waals surface area contributed by atoms with E-state index in [-0.39, 0.29) is 30.9 Å². The van der Waals surface area contributed by atoms with Gasteiger partial charge in [-0.2, -0.15) is 0 Å². The second-order valence-corrected chi connectivity index (χ2v) is 3.87. The van der Waals surface area contributed by atoms with Crippen molar-refractivity contribution in [1.29, 1.82) is 0 Å². The second kappa shape index (κ2) is 6.80. The summed E-state index contributed by atoms with van der Waals surface area (Å²) in [5.41, 5.74) is 5.77. The average molecular weight is 254 g/mol. The number of nitrogens with two attached hydrogens (primary N) is 1. The van der Waals surface area contributed by atoms with Gasteiger partial charge in [-0.3, -0.25) is 9.59 Å². The molecule has 1 heterocycles. The van der Waals surface area contributed by atoms with Crippen molar-refractivity contribution in [3.63, 3.8) is 0 Å². The molecular weight excluding hydrogens is 236 g/mol. The number of esters is 1. The summed E-state index contributed by atoms with van der Waals surface area (Å²) in [6.45, 7) is 4.23. The largest absolute Gasteiger partial charge is 0.467 e. The van der Waals surface area contributed by atoms with Crippen LogP contribution in [0.25, 0.3) is 0 Å². The van der Waals surface area contributed by atoms with Gasteiger partial charge in [0.15, 0.2) is 0 Å². The molecule has 1 unspecified atom stereocenters. The van der Waals surface area contributed by atoms with Crippen molar-refractivity contribution < 1.29 is 18.7 Å². The van der Waals surface area contributed by atoms with Gasteiger partial charge in [-0.1, -0.05) is 6.92 Å². The Morgan fingerprint density at radius 1 is 1.56 bits per heavy atom. The highest BCUT2D eigenvalue weighted by Crippen LogP contribution is 2.07. The van der Waals surface area contributed by atoms with Gasteiger partial charge in [-0.25, -0.2) is 0 Å². The Morgan fingerprint density at radius 2 is 2.28 bits per heavy atom. The maximum Gasteiger partial charge on any atom is 0.310 e. The maximum atomic E-state index is 11.7. The first kappa shape index (κ1) is 14.2. The molecule has 100 valence electrons. The van der Waals surface area contributed by atoms with Crippen molar-refractivity contribution in [2.45, 2.75) is 20.4 Å². The molecule has 0 fully saturated rings. The Labute approximate surface area is 105 Å². The first-order valence-corrected chi connectivity index (χ1v) is 5.80. The Hall–Kier alpha value is -1.82. The topological polar surface area (TPSA) is 94.6 Å². The first-order valence-electron chi connectivity index (χ1n) is 5.80. The Kier molecular flexibility index (Phi) is 5.38. The molecule has 6 nitrogen and oxygen atoms in total. The standard InChI is InChI=1S/C12H18N2O4/c1-3-17-12(16)8(2)6-14-11(15)9-4-10(5-13)18-7-9/h4,7-8H,3,5-6,13H2,1-2H3,(H,14,15). The highest BCUT2D eigenvalue weighted by molar-refractivity contribution is 5.94.